The van der Waals surface area contributed by atoms with Crippen LogP contribution in [0.4, 0.5) is 5.69 Å². The van der Waals surface area contributed by atoms with Crippen molar-refractivity contribution >= 4 is 27.5 Å². The first-order valence-corrected chi connectivity index (χ1v) is 9.84. The average molecular weight is 393 g/mol. The molecule has 3 atom stereocenters. The number of likely N-dealkylation sites (N-methyl/N-ethyl adjacent to an activating group) is 1. The van der Waals surface area contributed by atoms with Gasteiger partial charge in [0.1, 0.15) is 0 Å². The van der Waals surface area contributed by atoms with E-state index >= 15 is 0 Å². The van der Waals surface area contributed by atoms with E-state index in [-0.39, 0.29) is 24.6 Å². The van der Waals surface area contributed by atoms with Crippen LogP contribution >= 0.6 is 15.9 Å². The number of likely N-dealkylation sites (tertiary alicyclic amines) is 1. The van der Waals surface area contributed by atoms with Gasteiger partial charge >= 0.3 is 0 Å². The second-order valence-corrected chi connectivity index (χ2v) is 8.39. The van der Waals surface area contributed by atoms with Gasteiger partial charge in [-0.25, -0.2) is 0 Å². The second kappa shape index (κ2) is 6.34. The number of anilines is 1. The van der Waals surface area contributed by atoms with Crippen LogP contribution in [0, 0.1) is 11.8 Å². The van der Waals surface area contributed by atoms with E-state index in [4.69, 9.17) is 0 Å². The van der Waals surface area contributed by atoms with Crippen LogP contribution in [0.15, 0.2) is 22.7 Å². The van der Waals surface area contributed by atoms with Crippen LogP contribution in [0.3, 0.4) is 0 Å². The summed E-state index contributed by atoms with van der Waals surface area (Å²) in [6.07, 6.45) is 5.43. The number of benzene rings is 1. The van der Waals surface area contributed by atoms with Crippen LogP contribution in [-0.4, -0.2) is 42.2 Å². The fraction of sp³-hybridized carbons (Fsp3) is 0.632. The lowest BCUT2D eigenvalue weighted by Gasteiger charge is -2.44. The molecule has 0 aromatic heterocycles. The van der Waals surface area contributed by atoms with Crippen LogP contribution in [0.25, 0.3) is 0 Å². The van der Waals surface area contributed by atoms with Crippen LogP contribution in [0.1, 0.15) is 43.7 Å². The first-order valence-electron chi connectivity index (χ1n) is 9.05. The molecule has 1 saturated carbocycles. The number of carbonyl (C=O) groups is 1. The predicted molar refractivity (Wildman–Crippen MR) is 97.9 cm³/mol. The fourth-order valence-electron chi connectivity index (χ4n) is 5.08. The Morgan fingerprint density at radius 3 is 2.75 bits per heavy atom. The van der Waals surface area contributed by atoms with Crippen LogP contribution in [-0.2, 0) is 4.79 Å². The summed E-state index contributed by atoms with van der Waals surface area (Å²) in [6.45, 7) is 0.958. The summed E-state index contributed by atoms with van der Waals surface area (Å²) >= 11 is 3.59. The Hall–Kier alpha value is -1.07. The highest BCUT2D eigenvalue weighted by molar-refractivity contribution is 9.10. The Labute approximate surface area is 152 Å². The zero-order valence-corrected chi connectivity index (χ0v) is 15.7. The van der Waals surface area contributed by atoms with Crippen molar-refractivity contribution in [1.29, 1.82) is 0 Å². The molecule has 24 heavy (non-hydrogen) atoms. The van der Waals surface area contributed by atoms with Gasteiger partial charge in [-0.05, 0) is 43.0 Å². The summed E-state index contributed by atoms with van der Waals surface area (Å²) in [5.41, 5.74) is 2.37. The maximum atomic E-state index is 13.1. The molecule has 0 unspecified atom stereocenters. The number of halogens is 1. The molecule has 0 bridgehead atoms. The lowest BCUT2D eigenvalue weighted by Crippen LogP contribution is -2.48. The normalized spacial score (nSPS) is 29.7. The van der Waals surface area contributed by atoms with Gasteiger partial charge < -0.3 is 14.9 Å². The number of hydrogen-bond acceptors (Lipinski definition) is 3. The highest BCUT2D eigenvalue weighted by Crippen LogP contribution is 2.49. The molecule has 1 saturated heterocycles. The van der Waals surface area contributed by atoms with Gasteiger partial charge in [0.15, 0.2) is 0 Å². The van der Waals surface area contributed by atoms with Crippen molar-refractivity contribution in [3.63, 3.8) is 0 Å². The molecule has 1 N–H and O–H groups in total. The number of hydrogen-bond donors (Lipinski definition) is 1. The topological polar surface area (TPSA) is 43.8 Å². The van der Waals surface area contributed by atoms with Crippen molar-refractivity contribution in [2.24, 2.45) is 11.8 Å². The number of rotatable bonds is 2. The van der Waals surface area contributed by atoms with Gasteiger partial charge in [0.2, 0.25) is 5.91 Å². The van der Waals surface area contributed by atoms with E-state index in [0.29, 0.717) is 11.8 Å². The third-order valence-corrected chi connectivity index (χ3v) is 6.79. The van der Waals surface area contributed by atoms with E-state index in [1.54, 1.807) is 0 Å². The zero-order valence-electron chi connectivity index (χ0n) is 14.1. The minimum absolute atomic E-state index is 0.0880. The lowest BCUT2D eigenvalue weighted by atomic mass is 9.82. The maximum Gasteiger partial charge on any atom is 0.226 e. The zero-order chi connectivity index (χ0) is 16.8. The Balaban J connectivity index is 1.74. The number of aliphatic hydroxyl groups excluding tert-OH is 1. The lowest BCUT2D eigenvalue weighted by molar-refractivity contribution is -0.136. The van der Waals surface area contributed by atoms with Gasteiger partial charge in [-0.2, -0.15) is 0 Å². The molecule has 2 aliphatic heterocycles. The molecular formula is C19H25BrN2O2. The van der Waals surface area contributed by atoms with Crippen molar-refractivity contribution in [3.05, 3.63) is 28.2 Å². The second-order valence-electron chi connectivity index (χ2n) is 7.47. The van der Waals surface area contributed by atoms with E-state index in [1.165, 1.54) is 18.4 Å². The van der Waals surface area contributed by atoms with Crippen LogP contribution in [0.5, 0.6) is 0 Å². The van der Waals surface area contributed by atoms with Crippen molar-refractivity contribution in [3.8, 4) is 0 Å². The van der Waals surface area contributed by atoms with Crippen molar-refractivity contribution in [2.45, 2.75) is 44.2 Å². The van der Waals surface area contributed by atoms with Gasteiger partial charge in [0.25, 0.3) is 0 Å². The molecule has 2 fully saturated rings. The molecular weight excluding hydrogens is 368 g/mol. The van der Waals surface area contributed by atoms with Gasteiger partial charge in [-0.15, -0.1) is 0 Å². The first-order chi connectivity index (χ1) is 11.6. The molecule has 2 heterocycles. The summed E-state index contributed by atoms with van der Waals surface area (Å²) in [6, 6.07) is 6.51. The Morgan fingerprint density at radius 1 is 1.29 bits per heavy atom. The number of aliphatic hydroxyl groups is 1. The summed E-state index contributed by atoms with van der Waals surface area (Å²) < 4.78 is 1.05. The highest BCUT2D eigenvalue weighted by atomic mass is 79.9. The Kier molecular flexibility index (Phi) is 4.33. The predicted octanol–water partition coefficient (Wildman–Crippen LogP) is 3.34. The van der Waals surface area contributed by atoms with Crippen LogP contribution < -0.4 is 4.90 Å². The molecule has 130 valence electrons. The molecule has 3 aliphatic rings. The largest absolute Gasteiger partial charge is 0.394 e. The van der Waals surface area contributed by atoms with Crippen molar-refractivity contribution in [2.75, 3.05) is 25.1 Å². The average Bonchev–Trinajstić information content (AvgIpc) is 3.24. The minimum Gasteiger partial charge on any atom is -0.394 e. The molecule has 1 aromatic rings. The third-order valence-electron chi connectivity index (χ3n) is 6.30. The molecule has 1 aliphatic carbocycles. The van der Waals surface area contributed by atoms with Gasteiger partial charge in [-0.1, -0.05) is 28.8 Å². The summed E-state index contributed by atoms with van der Waals surface area (Å²) in [5, 5.41) is 9.97. The van der Waals surface area contributed by atoms with E-state index in [1.807, 2.05) is 6.07 Å². The summed E-state index contributed by atoms with van der Waals surface area (Å²) in [7, 11) is 2.06. The molecule has 1 aromatic carbocycles. The van der Waals surface area contributed by atoms with Gasteiger partial charge in [-0.3, -0.25) is 4.79 Å². The molecule has 1 amide bonds. The van der Waals surface area contributed by atoms with E-state index in [9.17, 15) is 9.90 Å². The SMILES string of the molecule is CN1c2ccc(Br)cc2[C@H]2[C@H](CCN2C(=O)C2CCCC2)[C@@H]1CO. The highest BCUT2D eigenvalue weighted by Gasteiger charge is 2.48. The summed E-state index contributed by atoms with van der Waals surface area (Å²) in [5.74, 6) is 0.867. The Morgan fingerprint density at radius 2 is 2.04 bits per heavy atom. The van der Waals surface area contributed by atoms with Crippen molar-refractivity contribution in [1.82, 2.24) is 4.90 Å². The quantitative estimate of drug-likeness (QED) is 0.838. The monoisotopic (exact) mass is 392 g/mol. The molecule has 4 nitrogen and oxygen atoms in total. The van der Waals surface area contributed by atoms with Crippen LogP contribution in [0.2, 0.25) is 0 Å². The number of nitrogens with zero attached hydrogens (tertiary/aromatic N) is 2. The van der Waals surface area contributed by atoms with E-state index < -0.39 is 0 Å². The molecule has 0 radical (unpaired) electrons. The standard InChI is InChI=1S/C19H25BrN2O2/c1-21-16-7-6-13(20)10-15(16)18-14(17(21)11-23)8-9-22(18)19(24)12-4-2-3-5-12/h6-7,10,12,14,17-18,23H,2-5,8-9,11H2,1H3/t14-,17+,18-/m1/s1. The smallest absolute Gasteiger partial charge is 0.226 e. The van der Waals surface area contributed by atoms with Gasteiger partial charge in [0, 0.05) is 35.6 Å². The number of carbonyl (C=O) groups excluding carboxylic acids is 1. The van der Waals surface area contributed by atoms with E-state index in [0.717, 1.165) is 36.0 Å². The maximum absolute atomic E-state index is 13.1. The minimum atomic E-state index is 0.0880. The van der Waals surface area contributed by atoms with Gasteiger partial charge in [0.05, 0.1) is 18.7 Å². The Bertz CT molecular complexity index is 644. The first kappa shape index (κ1) is 16.4. The fourth-order valence-corrected chi connectivity index (χ4v) is 5.46. The molecule has 4 rings (SSSR count). The third kappa shape index (κ3) is 2.48. The number of amides is 1. The molecule has 5 heteroatoms. The summed E-state index contributed by atoms with van der Waals surface area (Å²) in [4.78, 5) is 17.4. The van der Waals surface area contributed by atoms with E-state index in [2.05, 4.69) is 44.9 Å². The molecule has 0 spiro atoms. The number of fused-ring (bicyclic) bond motifs is 3. The van der Waals surface area contributed by atoms with Crippen molar-refractivity contribution < 1.29 is 9.90 Å².